The van der Waals surface area contributed by atoms with E-state index >= 15 is 0 Å². The van der Waals surface area contributed by atoms with E-state index in [2.05, 4.69) is 26.2 Å². The Kier molecular flexibility index (Phi) is 7.40. The van der Waals surface area contributed by atoms with E-state index in [9.17, 15) is 18.1 Å². The lowest BCUT2D eigenvalue weighted by Crippen LogP contribution is -2.47. The van der Waals surface area contributed by atoms with E-state index in [4.69, 9.17) is 13.9 Å². The molecule has 1 aromatic carbocycles. The molecule has 1 fully saturated rings. The maximum Gasteiger partial charge on any atom is 0.225 e. The molecule has 0 N–H and O–H groups in total. The van der Waals surface area contributed by atoms with Crippen molar-refractivity contribution in [2.75, 3.05) is 32.2 Å². The van der Waals surface area contributed by atoms with Crippen LogP contribution in [-0.2, 0) is 15.6 Å². The van der Waals surface area contributed by atoms with Crippen LogP contribution in [-0.4, -0.2) is 65.7 Å². The van der Waals surface area contributed by atoms with Gasteiger partial charge in [-0.3, -0.25) is 4.57 Å². The van der Waals surface area contributed by atoms with Gasteiger partial charge in [0.25, 0.3) is 0 Å². The quantitative estimate of drug-likeness (QED) is 0.309. The van der Waals surface area contributed by atoms with Crippen LogP contribution >= 0.6 is 0 Å². The lowest BCUT2D eigenvalue weighted by atomic mass is 9.99. The summed E-state index contributed by atoms with van der Waals surface area (Å²) in [5, 5.41) is 17.3. The third-order valence-electron chi connectivity index (χ3n) is 6.64. The van der Waals surface area contributed by atoms with Gasteiger partial charge in [0.2, 0.25) is 11.8 Å². The summed E-state index contributed by atoms with van der Waals surface area (Å²) in [5.74, 6) is 0.638. The fourth-order valence-electron chi connectivity index (χ4n) is 4.75. The molecule has 4 heterocycles. The molecule has 12 nitrogen and oxygen atoms in total. The van der Waals surface area contributed by atoms with Gasteiger partial charge in [0.15, 0.2) is 27.2 Å². The van der Waals surface area contributed by atoms with Gasteiger partial charge in [-0.15, -0.1) is 10.2 Å². The number of sulfone groups is 1. The zero-order valence-corrected chi connectivity index (χ0v) is 22.8. The molecule has 0 spiro atoms. The number of piperidine rings is 1. The van der Waals surface area contributed by atoms with E-state index in [1.807, 2.05) is 0 Å². The molecule has 5 rings (SSSR count). The zero-order chi connectivity index (χ0) is 28.4. The molecule has 4 aromatic rings. The predicted molar refractivity (Wildman–Crippen MR) is 141 cm³/mol. The van der Waals surface area contributed by atoms with Crippen molar-refractivity contribution < 1.29 is 26.7 Å². The molecule has 14 heteroatoms. The molecular formula is C26H26FN7O5S. The Balaban J connectivity index is 1.56. The van der Waals surface area contributed by atoms with E-state index in [1.165, 1.54) is 14.2 Å². The first-order valence-electron chi connectivity index (χ1n) is 12.3. The minimum absolute atomic E-state index is 0.0303. The number of nitrogens with zero attached hydrogens (tertiary/aromatic N) is 7. The Bertz CT molecular complexity index is 1640. The first kappa shape index (κ1) is 27.1. The number of nitriles is 1. The molecule has 0 aliphatic carbocycles. The van der Waals surface area contributed by atoms with Crippen LogP contribution in [0.4, 0.5) is 10.3 Å². The molecule has 0 saturated carbocycles. The Morgan fingerprint density at radius 2 is 1.80 bits per heavy atom. The highest BCUT2D eigenvalue weighted by molar-refractivity contribution is 7.91. The Morgan fingerprint density at radius 1 is 1.10 bits per heavy atom. The first-order valence-corrected chi connectivity index (χ1v) is 14.0. The van der Waals surface area contributed by atoms with E-state index in [0.29, 0.717) is 28.7 Å². The number of para-hydroxylation sites is 1. The van der Waals surface area contributed by atoms with Crippen molar-refractivity contribution in [1.29, 1.82) is 5.26 Å². The van der Waals surface area contributed by atoms with E-state index in [-0.39, 0.29) is 37.1 Å². The first-order chi connectivity index (χ1) is 19.2. The van der Waals surface area contributed by atoms with Gasteiger partial charge in [0, 0.05) is 13.1 Å². The molecule has 0 radical (unpaired) electrons. The molecular weight excluding hydrogens is 541 g/mol. The van der Waals surface area contributed by atoms with Crippen molar-refractivity contribution in [1.82, 2.24) is 24.7 Å². The number of halogens is 1. The number of ether oxygens (including phenoxy) is 2. The summed E-state index contributed by atoms with van der Waals surface area (Å²) in [6.45, 7) is 2.04. The van der Waals surface area contributed by atoms with Crippen LogP contribution in [0.5, 0.6) is 11.5 Å². The SMILES string of the molecule is COc1cccc(OC)c1-n1c(CS(=O)(=O)[C@@H]2C[C@H](C#N)CN(c3ncc(F)cn3)C2)nnc1-c1ccc(C)o1. The van der Waals surface area contributed by atoms with Crippen LogP contribution in [0.2, 0.25) is 0 Å². The summed E-state index contributed by atoms with van der Waals surface area (Å²) in [6, 6.07) is 10.8. The van der Waals surface area contributed by atoms with Crippen LogP contribution < -0.4 is 14.4 Å². The average Bonchev–Trinajstić information content (AvgIpc) is 3.57. The summed E-state index contributed by atoms with van der Waals surface area (Å²) in [6.07, 6.45) is 2.12. The molecule has 0 bridgehead atoms. The average molecular weight is 568 g/mol. The number of aromatic nitrogens is 5. The number of benzene rings is 1. The van der Waals surface area contributed by atoms with E-state index in [0.717, 1.165) is 12.4 Å². The predicted octanol–water partition coefficient (Wildman–Crippen LogP) is 3.12. The molecule has 1 aliphatic heterocycles. The number of hydrogen-bond donors (Lipinski definition) is 0. The molecule has 1 aliphatic rings. The second-order valence-corrected chi connectivity index (χ2v) is 11.6. The smallest absolute Gasteiger partial charge is 0.225 e. The van der Waals surface area contributed by atoms with Crippen molar-refractivity contribution in [3.63, 3.8) is 0 Å². The Morgan fingerprint density at radius 3 is 2.40 bits per heavy atom. The summed E-state index contributed by atoms with van der Waals surface area (Å²) in [5.41, 5.74) is 0.409. The highest BCUT2D eigenvalue weighted by Crippen LogP contribution is 2.37. The fourth-order valence-corrected chi connectivity index (χ4v) is 6.46. The second kappa shape index (κ2) is 10.9. The molecule has 0 amide bonds. The van der Waals surface area contributed by atoms with Crippen LogP contribution in [0.3, 0.4) is 0 Å². The van der Waals surface area contributed by atoms with Crippen molar-refractivity contribution in [3.8, 4) is 34.8 Å². The van der Waals surface area contributed by atoms with Gasteiger partial charge in [-0.2, -0.15) is 5.26 Å². The molecule has 208 valence electrons. The van der Waals surface area contributed by atoms with Gasteiger partial charge in [0.05, 0.1) is 43.9 Å². The summed E-state index contributed by atoms with van der Waals surface area (Å²) >= 11 is 0. The maximum atomic E-state index is 13.9. The summed E-state index contributed by atoms with van der Waals surface area (Å²) in [4.78, 5) is 9.53. The van der Waals surface area contributed by atoms with E-state index < -0.39 is 32.6 Å². The zero-order valence-electron chi connectivity index (χ0n) is 22.0. The van der Waals surface area contributed by atoms with Gasteiger partial charge in [-0.05, 0) is 37.6 Å². The van der Waals surface area contributed by atoms with Crippen LogP contribution in [0.15, 0.2) is 47.1 Å². The molecule has 3 aromatic heterocycles. The second-order valence-electron chi connectivity index (χ2n) is 9.29. The topological polar surface area (TPSA) is 149 Å². The van der Waals surface area contributed by atoms with Crippen molar-refractivity contribution in [3.05, 3.63) is 60.1 Å². The normalized spacial score (nSPS) is 17.4. The Hall–Kier alpha value is -4.51. The minimum atomic E-state index is -3.92. The number of hydrogen-bond acceptors (Lipinski definition) is 11. The van der Waals surface area contributed by atoms with Crippen LogP contribution in [0, 0.1) is 30.0 Å². The van der Waals surface area contributed by atoms with Crippen molar-refractivity contribution in [2.45, 2.75) is 24.3 Å². The lowest BCUT2D eigenvalue weighted by Gasteiger charge is -2.34. The number of rotatable bonds is 8. The molecule has 1 saturated heterocycles. The highest BCUT2D eigenvalue weighted by Gasteiger charge is 2.38. The Labute approximate surface area is 229 Å². The third kappa shape index (κ3) is 5.20. The standard InChI is InChI=1S/C26H26FN7O5S/c1-16-7-8-22(39-16)25-32-31-23(34(25)24-20(37-2)5-4-6-21(24)38-3)15-40(35,36)19-9-17(10-28)13-33(14-19)26-29-11-18(27)12-30-26/h4-8,11-12,17,19H,9,13-15H2,1-3H3/t17-,19-/m1/s1. The largest absolute Gasteiger partial charge is 0.494 e. The van der Waals surface area contributed by atoms with Crippen molar-refractivity contribution >= 4 is 15.8 Å². The van der Waals surface area contributed by atoms with Crippen LogP contribution in [0.25, 0.3) is 17.3 Å². The van der Waals surface area contributed by atoms with Gasteiger partial charge < -0.3 is 18.8 Å². The number of aryl methyl sites for hydroxylation is 1. The fraction of sp³-hybridized carbons (Fsp3) is 0.346. The minimum Gasteiger partial charge on any atom is -0.494 e. The molecule has 40 heavy (non-hydrogen) atoms. The van der Waals surface area contributed by atoms with Crippen molar-refractivity contribution in [2.24, 2.45) is 5.92 Å². The lowest BCUT2D eigenvalue weighted by molar-refractivity contribution is 0.390. The van der Waals surface area contributed by atoms with Gasteiger partial charge in [-0.25, -0.2) is 22.8 Å². The van der Waals surface area contributed by atoms with E-state index in [1.54, 1.807) is 46.7 Å². The number of methoxy groups -OCH3 is 2. The number of anilines is 1. The molecule has 2 atom stereocenters. The van der Waals surface area contributed by atoms with Gasteiger partial charge in [0.1, 0.15) is 28.7 Å². The summed E-state index contributed by atoms with van der Waals surface area (Å²) < 4.78 is 59.7. The van der Waals surface area contributed by atoms with Crippen LogP contribution in [0.1, 0.15) is 18.0 Å². The maximum absolute atomic E-state index is 13.9. The summed E-state index contributed by atoms with van der Waals surface area (Å²) in [7, 11) is -0.936. The van der Waals surface area contributed by atoms with Gasteiger partial charge >= 0.3 is 0 Å². The third-order valence-corrected chi connectivity index (χ3v) is 8.66. The number of furan rings is 1. The monoisotopic (exact) mass is 567 g/mol. The molecule has 0 unspecified atom stereocenters. The highest BCUT2D eigenvalue weighted by atomic mass is 32.2. The van der Waals surface area contributed by atoms with Gasteiger partial charge in [-0.1, -0.05) is 6.07 Å².